The predicted molar refractivity (Wildman–Crippen MR) is 118 cm³/mol. The molecule has 0 bridgehead atoms. The van der Waals surface area contributed by atoms with Crippen LogP contribution in [0.3, 0.4) is 0 Å². The second-order valence-corrected chi connectivity index (χ2v) is 7.83. The van der Waals surface area contributed by atoms with Crippen LogP contribution in [0, 0.1) is 5.82 Å². The van der Waals surface area contributed by atoms with Crippen molar-refractivity contribution >= 4 is 17.1 Å². The largest absolute Gasteiger partial charge is 0.392 e. The Hall–Kier alpha value is -3.78. The van der Waals surface area contributed by atoms with Crippen LogP contribution in [0.2, 0.25) is 0 Å². The van der Waals surface area contributed by atoms with Gasteiger partial charge >= 0.3 is 0 Å². The van der Waals surface area contributed by atoms with Crippen LogP contribution in [0.5, 0.6) is 0 Å². The molecule has 1 saturated heterocycles. The molecule has 1 aliphatic heterocycles. The number of fused-ring (bicyclic) bond motifs is 1. The number of carbonyl (C=O) groups is 1. The molecular formula is C24H21FN4O3. The molecule has 7 nitrogen and oxygen atoms in total. The molecule has 1 aliphatic rings. The lowest BCUT2D eigenvalue weighted by molar-refractivity contribution is -0.117. The number of benzene rings is 2. The zero-order valence-corrected chi connectivity index (χ0v) is 17.2. The zero-order chi connectivity index (χ0) is 22.2. The highest BCUT2D eigenvalue weighted by Gasteiger charge is 2.21. The monoisotopic (exact) mass is 432 g/mol. The number of nitrogens with zero attached hydrogens (tertiary/aromatic N) is 4. The van der Waals surface area contributed by atoms with Crippen molar-refractivity contribution in [3.63, 3.8) is 0 Å². The maximum Gasteiger partial charge on any atom is 0.277 e. The summed E-state index contributed by atoms with van der Waals surface area (Å²) in [6.07, 6.45) is 4.76. The van der Waals surface area contributed by atoms with Gasteiger partial charge in [0.1, 0.15) is 11.3 Å². The number of hydrogen-bond acceptors (Lipinski definition) is 4. The lowest BCUT2D eigenvalue weighted by atomic mass is 10.1. The highest BCUT2D eigenvalue weighted by molar-refractivity contribution is 5.95. The Kier molecular flexibility index (Phi) is 5.07. The molecule has 0 saturated carbocycles. The molecule has 5 rings (SSSR count). The standard InChI is InChI=1S/C24H21FN4O3/c25-18-7-5-17(6-8-18)22-20(15-30)23-24(32)27(12-13-29(23)26-22)14-16-3-9-19(10-4-16)28-11-1-2-21(28)31/h3-10,12-13,30H,1-2,11,14-15H2. The SMILES string of the molecule is O=C1CCCN1c1ccc(Cn2ccn3nc(-c4ccc(F)cc4)c(CO)c3c2=O)cc1. The number of anilines is 1. The topological polar surface area (TPSA) is 79.8 Å². The summed E-state index contributed by atoms with van der Waals surface area (Å²) in [5.74, 6) is -0.237. The number of amides is 1. The molecule has 162 valence electrons. The lowest BCUT2D eigenvalue weighted by Gasteiger charge is -2.16. The second kappa shape index (κ2) is 8.05. The van der Waals surface area contributed by atoms with Crippen LogP contribution in [0.15, 0.2) is 65.7 Å². The summed E-state index contributed by atoms with van der Waals surface area (Å²) in [5.41, 5.74) is 3.25. The number of aliphatic hydroxyl groups is 1. The van der Waals surface area contributed by atoms with Crippen molar-refractivity contribution in [2.75, 3.05) is 11.4 Å². The molecule has 0 unspecified atom stereocenters. The summed E-state index contributed by atoms with van der Waals surface area (Å²) in [7, 11) is 0. The van der Waals surface area contributed by atoms with Gasteiger partial charge in [0, 0.05) is 42.2 Å². The van der Waals surface area contributed by atoms with Gasteiger partial charge in [-0.3, -0.25) is 9.59 Å². The third kappa shape index (κ3) is 3.48. The fourth-order valence-corrected chi connectivity index (χ4v) is 4.16. The first-order valence-electron chi connectivity index (χ1n) is 10.4. The predicted octanol–water partition coefficient (Wildman–Crippen LogP) is 2.97. The van der Waals surface area contributed by atoms with Crippen LogP contribution in [0.1, 0.15) is 24.0 Å². The van der Waals surface area contributed by atoms with Gasteiger partial charge in [-0.15, -0.1) is 0 Å². The molecule has 3 heterocycles. The van der Waals surface area contributed by atoms with Gasteiger partial charge in [-0.25, -0.2) is 8.91 Å². The van der Waals surface area contributed by atoms with Crippen LogP contribution in [-0.4, -0.2) is 31.7 Å². The Morgan fingerprint density at radius 3 is 2.41 bits per heavy atom. The van der Waals surface area contributed by atoms with Gasteiger partial charge in [0.05, 0.1) is 18.8 Å². The maximum absolute atomic E-state index is 13.3. The normalized spacial score (nSPS) is 13.9. The lowest BCUT2D eigenvalue weighted by Crippen LogP contribution is -2.24. The van der Waals surface area contributed by atoms with Gasteiger partial charge in [-0.2, -0.15) is 5.10 Å². The van der Waals surface area contributed by atoms with Crippen molar-refractivity contribution in [2.45, 2.75) is 26.0 Å². The maximum atomic E-state index is 13.3. The first-order valence-corrected chi connectivity index (χ1v) is 10.4. The van der Waals surface area contributed by atoms with Crippen molar-refractivity contribution in [3.05, 3.63) is 88.2 Å². The van der Waals surface area contributed by atoms with E-state index in [9.17, 15) is 19.1 Å². The first kappa shape index (κ1) is 20.1. The van der Waals surface area contributed by atoms with Crippen molar-refractivity contribution in [2.24, 2.45) is 0 Å². The minimum Gasteiger partial charge on any atom is -0.392 e. The molecular weight excluding hydrogens is 411 g/mol. The molecule has 0 spiro atoms. The number of halogens is 1. The Morgan fingerprint density at radius 2 is 1.75 bits per heavy atom. The number of aromatic nitrogens is 3. The molecule has 32 heavy (non-hydrogen) atoms. The Morgan fingerprint density at radius 1 is 1.00 bits per heavy atom. The summed E-state index contributed by atoms with van der Waals surface area (Å²) in [4.78, 5) is 26.9. The van der Waals surface area contributed by atoms with E-state index >= 15 is 0 Å². The van der Waals surface area contributed by atoms with Crippen LogP contribution in [0.4, 0.5) is 10.1 Å². The Bertz CT molecular complexity index is 1360. The van der Waals surface area contributed by atoms with E-state index in [0.29, 0.717) is 29.8 Å². The third-order valence-electron chi connectivity index (χ3n) is 5.81. The van der Waals surface area contributed by atoms with Crippen molar-refractivity contribution in [1.82, 2.24) is 14.2 Å². The molecule has 1 N–H and O–H groups in total. The van der Waals surface area contributed by atoms with Gasteiger partial charge in [0.25, 0.3) is 5.56 Å². The molecule has 0 radical (unpaired) electrons. The smallest absolute Gasteiger partial charge is 0.277 e. The molecule has 2 aromatic carbocycles. The summed E-state index contributed by atoms with van der Waals surface area (Å²) < 4.78 is 16.3. The van der Waals surface area contributed by atoms with Gasteiger partial charge in [-0.05, 0) is 48.4 Å². The molecule has 2 aromatic heterocycles. The third-order valence-corrected chi connectivity index (χ3v) is 5.81. The van der Waals surface area contributed by atoms with E-state index < -0.39 is 0 Å². The van der Waals surface area contributed by atoms with Crippen molar-refractivity contribution < 1.29 is 14.3 Å². The molecule has 0 aliphatic carbocycles. The van der Waals surface area contributed by atoms with Crippen LogP contribution in [0.25, 0.3) is 16.8 Å². The molecule has 0 atom stereocenters. The van der Waals surface area contributed by atoms with E-state index in [1.165, 1.54) is 16.6 Å². The quantitative estimate of drug-likeness (QED) is 0.526. The van der Waals surface area contributed by atoms with E-state index in [-0.39, 0.29) is 29.4 Å². The van der Waals surface area contributed by atoms with E-state index in [1.54, 1.807) is 34.0 Å². The Labute approximate surface area is 183 Å². The summed E-state index contributed by atoms with van der Waals surface area (Å²) >= 11 is 0. The fraction of sp³-hybridized carbons (Fsp3) is 0.208. The van der Waals surface area contributed by atoms with E-state index in [4.69, 9.17) is 0 Å². The summed E-state index contributed by atoms with van der Waals surface area (Å²) in [6, 6.07) is 13.4. The molecule has 8 heteroatoms. The molecule has 4 aromatic rings. The van der Waals surface area contributed by atoms with Gasteiger partial charge in [0.2, 0.25) is 5.91 Å². The van der Waals surface area contributed by atoms with Crippen molar-refractivity contribution in [3.8, 4) is 11.3 Å². The van der Waals surface area contributed by atoms with Crippen LogP contribution < -0.4 is 10.5 Å². The fourth-order valence-electron chi connectivity index (χ4n) is 4.16. The Balaban J connectivity index is 1.49. The van der Waals surface area contributed by atoms with Gasteiger partial charge in [-0.1, -0.05) is 12.1 Å². The number of carbonyl (C=O) groups excluding carboxylic acids is 1. The first-order chi connectivity index (χ1) is 15.5. The zero-order valence-electron chi connectivity index (χ0n) is 17.2. The highest BCUT2D eigenvalue weighted by atomic mass is 19.1. The minimum atomic E-state index is -0.370. The number of aliphatic hydroxyl groups excluding tert-OH is 1. The van der Waals surface area contributed by atoms with E-state index in [2.05, 4.69) is 5.10 Å². The number of hydrogen-bond donors (Lipinski definition) is 1. The van der Waals surface area contributed by atoms with Gasteiger partial charge in [0.15, 0.2) is 0 Å². The molecule has 1 amide bonds. The second-order valence-electron chi connectivity index (χ2n) is 7.83. The summed E-state index contributed by atoms with van der Waals surface area (Å²) in [5, 5.41) is 14.4. The van der Waals surface area contributed by atoms with E-state index in [0.717, 1.165) is 24.2 Å². The minimum absolute atomic E-state index is 0.133. The van der Waals surface area contributed by atoms with Crippen LogP contribution in [-0.2, 0) is 17.9 Å². The average Bonchev–Trinajstić information content (AvgIpc) is 3.40. The van der Waals surface area contributed by atoms with E-state index in [1.807, 2.05) is 24.3 Å². The van der Waals surface area contributed by atoms with Crippen LogP contribution >= 0.6 is 0 Å². The highest BCUT2D eigenvalue weighted by Crippen LogP contribution is 2.25. The summed E-state index contributed by atoms with van der Waals surface area (Å²) in [6.45, 7) is 0.704. The van der Waals surface area contributed by atoms with Gasteiger partial charge < -0.3 is 14.6 Å². The number of rotatable bonds is 5. The molecule has 1 fully saturated rings. The average molecular weight is 432 g/mol. The van der Waals surface area contributed by atoms with Crippen molar-refractivity contribution in [1.29, 1.82) is 0 Å².